The van der Waals surface area contributed by atoms with Crippen molar-refractivity contribution in [1.82, 2.24) is 20.2 Å². The molecule has 0 radical (unpaired) electrons. The van der Waals surface area contributed by atoms with Gasteiger partial charge in [0.1, 0.15) is 0 Å². The zero-order valence-corrected chi connectivity index (χ0v) is 10.9. The largest absolute Gasteiger partial charge is 0.314 e. The molecule has 3 rings (SSSR count). The lowest BCUT2D eigenvalue weighted by molar-refractivity contribution is -0.100. The van der Waals surface area contributed by atoms with Gasteiger partial charge in [0, 0.05) is 45.8 Å². The van der Waals surface area contributed by atoms with Crippen LogP contribution in [0.3, 0.4) is 0 Å². The molecule has 1 N–H and O–H groups in total. The van der Waals surface area contributed by atoms with Crippen LogP contribution in [0.2, 0.25) is 0 Å². The fourth-order valence-electron chi connectivity index (χ4n) is 3.55. The first-order chi connectivity index (χ1) is 8.45. The van der Waals surface area contributed by atoms with E-state index in [4.69, 9.17) is 0 Å². The fraction of sp³-hybridized carbons (Fsp3) is 1.00. The Morgan fingerprint density at radius 3 is 2.29 bits per heavy atom. The van der Waals surface area contributed by atoms with Crippen LogP contribution in [-0.2, 0) is 0 Å². The third-order valence-electron chi connectivity index (χ3n) is 4.46. The first-order valence-corrected chi connectivity index (χ1v) is 7.41. The van der Waals surface area contributed by atoms with Crippen molar-refractivity contribution in [2.45, 2.75) is 38.3 Å². The molecule has 0 amide bonds. The highest BCUT2D eigenvalue weighted by Crippen LogP contribution is 2.25. The zero-order valence-electron chi connectivity index (χ0n) is 10.9. The number of hydrazine groups is 1. The van der Waals surface area contributed by atoms with Crippen LogP contribution >= 0.6 is 0 Å². The lowest BCUT2D eigenvalue weighted by atomic mass is 10.2. The molecule has 3 heterocycles. The monoisotopic (exact) mass is 238 g/mol. The maximum Gasteiger partial charge on any atom is 0.0761 e. The molecule has 0 aromatic heterocycles. The van der Waals surface area contributed by atoms with Gasteiger partial charge in [-0.1, -0.05) is 6.42 Å². The van der Waals surface area contributed by atoms with Gasteiger partial charge in [0.15, 0.2) is 0 Å². The molecule has 3 aliphatic heterocycles. The molecule has 3 saturated heterocycles. The van der Waals surface area contributed by atoms with Crippen molar-refractivity contribution in [3.05, 3.63) is 0 Å². The molecule has 98 valence electrons. The van der Waals surface area contributed by atoms with Crippen LogP contribution in [0.15, 0.2) is 0 Å². The molecule has 0 aromatic carbocycles. The summed E-state index contributed by atoms with van der Waals surface area (Å²) in [5, 5.41) is 8.79. The molecular formula is C13H26N4. The second kappa shape index (κ2) is 5.65. The summed E-state index contributed by atoms with van der Waals surface area (Å²) < 4.78 is 0. The first-order valence-electron chi connectivity index (χ1n) is 7.41. The van der Waals surface area contributed by atoms with E-state index in [0.717, 1.165) is 0 Å². The molecule has 3 fully saturated rings. The topological polar surface area (TPSA) is 21.8 Å². The SMILES string of the molecule is C1CCN(N2CCCC2N2CCNCC2)CC1. The molecule has 0 spiro atoms. The van der Waals surface area contributed by atoms with Gasteiger partial charge in [0.2, 0.25) is 0 Å². The minimum atomic E-state index is 0.704. The molecule has 0 saturated carbocycles. The number of rotatable bonds is 2. The fourth-order valence-corrected chi connectivity index (χ4v) is 3.55. The number of hydrogen-bond acceptors (Lipinski definition) is 4. The zero-order chi connectivity index (χ0) is 11.5. The number of nitrogens with zero attached hydrogens (tertiary/aromatic N) is 3. The molecule has 1 atom stereocenters. The van der Waals surface area contributed by atoms with Gasteiger partial charge in [0.05, 0.1) is 6.17 Å². The van der Waals surface area contributed by atoms with Crippen LogP contribution in [0.5, 0.6) is 0 Å². The maximum atomic E-state index is 3.46. The molecule has 4 nitrogen and oxygen atoms in total. The van der Waals surface area contributed by atoms with E-state index in [-0.39, 0.29) is 0 Å². The Bertz CT molecular complexity index is 210. The Kier molecular flexibility index (Phi) is 3.96. The van der Waals surface area contributed by atoms with E-state index in [0.29, 0.717) is 6.17 Å². The van der Waals surface area contributed by atoms with Crippen LogP contribution < -0.4 is 5.32 Å². The van der Waals surface area contributed by atoms with E-state index in [1.807, 2.05) is 0 Å². The molecular weight excluding hydrogens is 212 g/mol. The van der Waals surface area contributed by atoms with Crippen molar-refractivity contribution >= 4 is 0 Å². The second-order valence-corrected chi connectivity index (χ2v) is 5.59. The van der Waals surface area contributed by atoms with Crippen molar-refractivity contribution in [3.8, 4) is 0 Å². The lowest BCUT2D eigenvalue weighted by Gasteiger charge is -2.44. The second-order valence-electron chi connectivity index (χ2n) is 5.59. The Hall–Kier alpha value is -0.160. The van der Waals surface area contributed by atoms with E-state index < -0.39 is 0 Å². The Labute approximate surface area is 105 Å². The number of hydrogen-bond donors (Lipinski definition) is 1. The minimum Gasteiger partial charge on any atom is -0.314 e. The molecule has 3 aliphatic rings. The van der Waals surface area contributed by atoms with Crippen LogP contribution in [-0.4, -0.2) is 66.9 Å². The Balaban J connectivity index is 1.61. The molecule has 4 heteroatoms. The quantitative estimate of drug-likeness (QED) is 0.765. The van der Waals surface area contributed by atoms with Crippen molar-refractivity contribution in [1.29, 1.82) is 0 Å². The van der Waals surface area contributed by atoms with Crippen LogP contribution in [0.1, 0.15) is 32.1 Å². The highest BCUT2D eigenvalue weighted by Gasteiger charge is 2.34. The van der Waals surface area contributed by atoms with Crippen molar-refractivity contribution < 1.29 is 0 Å². The van der Waals surface area contributed by atoms with Gasteiger partial charge < -0.3 is 5.32 Å². The van der Waals surface area contributed by atoms with Crippen molar-refractivity contribution in [3.63, 3.8) is 0 Å². The summed E-state index contributed by atoms with van der Waals surface area (Å²) in [5.41, 5.74) is 0. The van der Waals surface area contributed by atoms with Gasteiger partial charge in [-0.15, -0.1) is 0 Å². The summed E-state index contributed by atoms with van der Waals surface area (Å²) in [5.74, 6) is 0. The summed E-state index contributed by atoms with van der Waals surface area (Å²) in [6.07, 6.45) is 7.68. The summed E-state index contributed by atoms with van der Waals surface area (Å²) in [6, 6.07) is 0. The van der Waals surface area contributed by atoms with Gasteiger partial charge in [-0.25, -0.2) is 10.0 Å². The first kappa shape index (κ1) is 11.9. The van der Waals surface area contributed by atoms with E-state index in [2.05, 4.69) is 20.2 Å². The van der Waals surface area contributed by atoms with E-state index in [9.17, 15) is 0 Å². The van der Waals surface area contributed by atoms with Gasteiger partial charge >= 0.3 is 0 Å². The predicted molar refractivity (Wildman–Crippen MR) is 69.6 cm³/mol. The summed E-state index contributed by atoms with van der Waals surface area (Å²) in [6.45, 7) is 8.68. The summed E-state index contributed by atoms with van der Waals surface area (Å²) in [4.78, 5) is 2.69. The molecule has 0 bridgehead atoms. The van der Waals surface area contributed by atoms with E-state index in [1.54, 1.807) is 0 Å². The number of piperidine rings is 1. The van der Waals surface area contributed by atoms with Gasteiger partial charge in [-0.2, -0.15) is 0 Å². The van der Waals surface area contributed by atoms with Crippen molar-refractivity contribution in [2.75, 3.05) is 45.8 Å². The van der Waals surface area contributed by atoms with Gasteiger partial charge in [-0.05, 0) is 25.7 Å². The highest BCUT2D eigenvalue weighted by molar-refractivity contribution is 4.82. The van der Waals surface area contributed by atoms with E-state index >= 15 is 0 Å². The maximum absolute atomic E-state index is 3.46. The lowest BCUT2D eigenvalue weighted by Crippen LogP contribution is -2.57. The molecule has 0 aromatic rings. The third kappa shape index (κ3) is 2.65. The van der Waals surface area contributed by atoms with E-state index in [1.165, 1.54) is 77.9 Å². The molecule has 1 unspecified atom stereocenters. The van der Waals surface area contributed by atoms with Crippen molar-refractivity contribution in [2.24, 2.45) is 0 Å². The average Bonchev–Trinajstić information content (AvgIpc) is 2.90. The predicted octanol–water partition coefficient (Wildman–Crippen LogP) is 0.714. The number of piperazine rings is 1. The Morgan fingerprint density at radius 1 is 0.765 bits per heavy atom. The average molecular weight is 238 g/mol. The standard InChI is InChI=1S/C13H26N4/c1-2-8-16(9-3-1)17-10-4-5-13(17)15-11-6-14-7-12-15/h13-14H,1-12H2. The third-order valence-corrected chi connectivity index (χ3v) is 4.46. The van der Waals surface area contributed by atoms with Gasteiger partial charge in [-0.3, -0.25) is 4.90 Å². The summed E-state index contributed by atoms with van der Waals surface area (Å²) >= 11 is 0. The van der Waals surface area contributed by atoms with Crippen LogP contribution in [0, 0.1) is 0 Å². The molecule has 0 aliphatic carbocycles. The normalized spacial score (nSPS) is 34.2. The Morgan fingerprint density at radius 2 is 1.53 bits per heavy atom. The minimum absolute atomic E-state index is 0.704. The summed E-state index contributed by atoms with van der Waals surface area (Å²) in [7, 11) is 0. The smallest absolute Gasteiger partial charge is 0.0761 e. The van der Waals surface area contributed by atoms with Crippen LogP contribution in [0.25, 0.3) is 0 Å². The van der Waals surface area contributed by atoms with Gasteiger partial charge in [0.25, 0.3) is 0 Å². The highest BCUT2D eigenvalue weighted by atomic mass is 15.7. The molecule has 17 heavy (non-hydrogen) atoms. The number of nitrogens with one attached hydrogen (secondary N) is 1. The van der Waals surface area contributed by atoms with Crippen LogP contribution in [0.4, 0.5) is 0 Å².